The van der Waals surface area contributed by atoms with Crippen LogP contribution in [0.3, 0.4) is 0 Å². The van der Waals surface area contributed by atoms with E-state index in [0.29, 0.717) is 24.6 Å². The molecule has 0 atom stereocenters. The molecular formula is C22H21F3N2O. The molecule has 0 radical (unpaired) electrons. The molecular weight excluding hydrogens is 365 g/mol. The third-order valence-electron chi connectivity index (χ3n) is 5.55. The van der Waals surface area contributed by atoms with Gasteiger partial charge in [0.05, 0.1) is 12.0 Å². The lowest BCUT2D eigenvalue weighted by Crippen LogP contribution is -2.38. The number of H-pyrrole nitrogens is 1. The number of aromatic nitrogens is 1. The Morgan fingerprint density at radius 1 is 1.04 bits per heavy atom. The summed E-state index contributed by atoms with van der Waals surface area (Å²) in [6, 6.07) is 13.1. The van der Waals surface area contributed by atoms with Crippen LogP contribution in [0.25, 0.3) is 10.9 Å². The molecule has 0 bridgehead atoms. The van der Waals surface area contributed by atoms with E-state index in [1.54, 1.807) is 0 Å². The first kappa shape index (κ1) is 18.6. The van der Waals surface area contributed by atoms with Crippen molar-refractivity contribution in [1.29, 1.82) is 0 Å². The van der Waals surface area contributed by atoms with Crippen molar-refractivity contribution >= 4 is 16.8 Å². The molecule has 6 heteroatoms. The van der Waals surface area contributed by atoms with Crippen molar-refractivity contribution in [1.82, 2.24) is 9.88 Å². The molecule has 1 fully saturated rings. The van der Waals surface area contributed by atoms with Crippen LogP contribution in [0, 0.1) is 0 Å². The van der Waals surface area contributed by atoms with Crippen LogP contribution < -0.4 is 0 Å². The maximum absolute atomic E-state index is 12.6. The van der Waals surface area contributed by atoms with E-state index in [4.69, 9.17) is 0 Å². The third-order valence-corrected chi connectivity index (χ3v) is 5.55. The highest BCUT2D eigenvalue weighted by Crippen LogP contribution is 2.33. The number of para-hydroxylation sites is 1. The second kappa shape index (κ2) is 7.34. The lowest BCUT2D eigenvalue weighted by atomic mass is 9.89. The Labute approximate surface area is 161 Å². The molecule has 1 aliphatic rings. The topological polar surface area (TPSA) is 36.1 Å². The first-order valence-electron chi connectivity index (χ1n) is 9.42. The Bertz CT molecular complexity index is 967. The molecule has 0 aliphatic carbocycles. The summed E-state index contributed by atoms with van der Waals surface area (Å²) in [5, 5.41) is 1.23. The summed E-state index contributed by atoms with van der Waals surface area (Å²) >= 11 is 0. The van der Waals surface area contributed by atoms with Crippen molar-refractivity contribution in [3.8, 4) is 0 Å². The number of rotatable bonds is 3. The van der Waals surface area contributed by atoms with Crippen molar-refractivity contribution in [2.45, 2.75) is 31.4 Å². The summed E-state index contributed by atoms with van der Waals surface area (Å²) < 4.78 is 37.9. The number of carbonyl (C=O) groups excluding carboxylic acids is 1. The van der Waals surface area contributed by atoms with Gasteiger partial charge in [-0.05, 0) is 48.1 Å². The van der Waals surface area contributed by atoms with E-state index in [1.165, 1.54) is 23.1 Å². The smallest absolute Gasteiger partial charge is 0.361 e. The van der Waals surface area contributed by atoms with Gasteiger partial charge in [-0.25, -0.2) is 0 Å². The number of aromatic amines is 1. The van der Waals surface area contributed by atoms with Crippen molar-refractivity contribution in [2.75, 3.05) is 13.1 Å². The monoisotopic (exact) mass is 386 g/mol. The van der Waals surface area contributed by atoms with Gasteiger partial charge in [0.2, 0.25) is 5.91 Å². The fourth-order valence-electron chi connectivity index (χ4n) is 3.97. The second-order valence-corrected chi connectivity index (χ2v) is 7.32. The Morgan fingerprint density at radius 2 is 1.71 bits per heavy atom. The number of alkyl halides is 3. The molecule has 3 nitrogen and oxygen atoms in total. The van der Waals surface area contributed by atoms with Crippen LogP contribution >= 0.6 is 0 Å². The predicted octanol–water partition coefficient (Wildman–Crippen LogP) is 5.14. The molecule has 4 rings (SSSR count). The average molecular weight is 386 g/mol. The van der Waals surface area contributed by atoms with E-state index in [9.17, 15) is 18.0 Å². The third kappa shape index (κ3) is 3.77. The highest BCUT2D eigenvalue weighted by molar-refractivity contribution is 5.84. The van der Waals surface area contributed by atoms with Gasteiger partial charge >= 0.3 is 6.18 Å². The van der Waals surface area contributed by atoms with E-state index in [2.05, 4.69) is 23.3 Å². The zero-order valence-corrected chi connectivity index (χ0v) is 15.3. The Kier molecular flexibility index (Phi) is 4.87. The fraction of sp³-hybridized carbons (Fsp3) is 0.318. The normalized spacial score (nSPS) is 15.9. The summed E-state index contributed by atoms with van der Waals surface area (Å²) in [4.78, 5) is 17.7. The zero-order valence-electron chi connectivity index (χ0n) is 15.3. The van der Waals surface area contributed by atoms with E-state index >= 15 is 0 Å². The first-order chi connectivity index (χ1) is 13.4. The summed E-state index contributed by atoms with van der Waals surface area (Å²) in [5.74, 6) is 0.378. The maximum atomic E-state index is 12.6. The average Bonchev–Trinajstić information content (AvgIpc) is 3.12. The van der Waals surface area contributed by atoms with Crippen LogP contribution in [0.2, 0.25) is 0 Å². The lowest BCUT2D eigenvalue weighted by molar-refractivity contribution is -0.137. The molecule has 3 aromatic rings. The van der Waals surface area contributed by atoms with Gasteiger partial charge < -0.3 is 9.88 Å². The molecule has 0 spiro atoms. The molecule has 1 aliphatic heterocycles. The van der Waals surface area contributed by atoms with E-state index < -0.39 is 11.7 Å². The molecule has 2 aromatic carbocycles. The number of nitrogens with one attached hydrogen (secondary N) is 1. The fourth-order valence-corrected chi connectivity index (χ4v) is 3.97. The highest BCUT2D eigenvalue weighted by atomic mass is 19.4. The van der Waals surface area contributed by atoms with Crippen molar-refractivity contribution in [3.63, 3.8) is 0 Å². The van der Waals surface area contributed by atoms with E-state index in [-0.39, 0.29) is 12.3 Å². The van der Waals surface area contributed by atoms with E-state index in [0.717, 1.165) is 30.5 Å². The van der Waals surface area contributed by atoms with Crippen LogP contribution in [0.5, 0.6) is 0 Å². The Hall–Kier alpha value is -2.76. The number of hydrogen-bond acceptors (Lipinski definition) is 1. The van der Waals surface area contributed by atoms with Gasteiger partial charge in [0.25, 0.3) is 0 Å². The number of carbonyl (C=O) groups is 1. The van der Waals surface area contributed by atoms with Gasteiger partial charge in [-0.2, -0.15) is 13.2 Å². The van der Waals surface area contributed by atoms with Crippen molar-refractivity contribution in [3.05, 3.63) is 71.4 Å². The minimum atomic E-state index is -4.35. The molecule has 1 N–H and O–H groups in total. The standard InChI is InChI=1S/C22H21F3N2O/c23-22(24,25)17-7-5-15(6-8-17)13-21(28)27-11-9-16(10-12-27)19-14-26-20-4-2-1-3-18(19)20/h1-8,14,16,26H,9-13H2. The molecule has 28 heavy (non-hydrogen) atoms. The molecule has 1 saturated heterocycles. The minimum Gasteiger partial charge on any atom is -0.361 e. The summed E-state index contributed by atoms with van der Waals surface area (Å²) in [6.07, 6.45) is -0.376. The van der Waals surface area contributed by atoms with Crippen LogP contribution in [0.15, 0.2) is 54.7 Å². The molecule has 0 unspecified atom stereocenters. The van der Waals surface area contributed by atoms with E-state index in [1.807, 2.05) is 17.0 Å². The summed E-state index contributed by atoms with van der Waals surface area (Å²) in [7, 11) is 0. The number of nitrogens with zero attached hydrogens (tertiary/aromatic N) is 1. The second-order valence-electron chi connectivity index (χ2n) is 7.32. The number of amides is 1. The number of likely N-dealkylation sites (tertiary alicyclic amines) is 1. The molecule has 1 amide bonds. The molecule has 2 heterocycles. The van der Waals surface area contributed by atoms with Crippen LogP contribution in [-0.2, 0) is 17.4 Å². The Morgan fingerprint density at radius 3 is 2.39 bits per heavy atom. The largest absolute Gasteiger partial charge is 0.416 e. The van der Waals surface area contributed by atoms with Crippen LogP contribution in [-0.4, -0.2) is 28.9 Å². The molecule has 146 valence electrons. The summed E-state index contributed by atoms with van der Waals surface area (Å²) in [6.45, 7) is 1.34. The molecule has 0 saturated carbocycles. The predicted molar refractivity (Wildman–Crippen MR) is 102 cm³/mol. The summed E-state index contributed by atoms with van der Waals surface area (Å²) in [5.41, 5.74) is 2.34. The van der Waals surface area contributed by atoms with Crippen LogP contribution in [0.4, 0.5) is 13.2 Å². The number of halogens is 3. The quantitative estimate of drug-likeness (QED) is 0.665. The van der Waals surface area contributed by atoms with Gasteiger partial charge in [0.1, 0.15) is 0 Å². The first-order valence-corrected chi connectivity index (χ1v) is 9.42. The van der Waals surface area contributed by atoms with Gasteiger partial charge in [-0.1, -0.05) is 30.3 Å². The Balaban J connectivity index is 1.36. The number of piperidine rings is 1. The van der Waals surface area contributed by atoms with Gasteiger partial charge in [0.15, 0.2) is 0 Å². The van der Waals surface area contributed by atoms with Gasteiger partial charge in [-0.3, -0.25) is 4.79 Å². The zero-order chi connectivity index (χ0) is 19.7. The highest BCUT2D eigenvalue weighted by Gasteiger charge is 2.30. The lowest BCUT2D eigenvalue weighted by Gasteiger charge is -2.32. The molecule has 1 aromatic heterocycles. The SMILES string of the molecule is O=C(Cc1ccc(C(F)(F)F)cc1)N1CCC(c2c[nH]c3ccccc23)CC1. The van der Waals surface area contributed by atoms with Crippen LogP contribution in [0.1, 0.15) is 35.4 Å². The van der Waals surface area contributed by atoms with Gasteiger partial charge in [0, 0.05) is 30.2 Å². The minimum absolute atomic E-state index is 0.0304. The number of fused-ring (bicyclic) bond motifs is 1. The van der Waals surface area contributed by atoms with Crippen molar-refractivity contribution in [2.24, 2.45) is 0 Å². The number of hydrogen-bond donors (Lipinski definition) is 1. The van der Waals surface area contributed by atoms with Crippen molar-refractivity contribution < 1.29 is 18.0 Å². The number of benzene rings is 2. The van der Waals surface area contributed by atoms with Gasteiger partial charge in [-0.15, -0.1) is 0 Å². The maximum Gasteiger partial charge on any atom is 0.416 e.